The summed E-state index contributed by atoms with van der Waals surface area (Å²) in [6.45, 7) is 5.88. The number of esters is 1. The Morgan fingerprint density at radius 3 is 2.44 bits per heavy atom. The molecule has 1 aliphatic heterocycles. The molecule has 0 radical (unpaired) electrons. The maximum atomic E-state index is 11.8. The van der Waals surface area contributed by atoms with Crippen LogP contribution in [0.5, 0.6) is 5.75 Å². The highest BCUT2D eigenvalue weighted by atomic mass is 35.5. The van der Waals surface area contributed by atoms with Gasteiger partial charge in [0.15, 0.2) is 0 Å². The number of ether oxygens (including phenoxy) is 2. The van der Waals surface area contributed by atoms with Crippen LogP contribution in [0.2, 0.25) is 5.02 Å². The molecule has 0 spiro atoms. The minimum absolute atomic E-state index is 0. The zero-order chi connectivity index (χ0) is 27.9. The average Bonchev–Trinajstić information content (AvgIpc) is 3.13. The van der Waals surface area contributed by atoms with Crippen molar-refractivity contribution in [1.82, 2.24) is 9.88 Å². The summed E-state index contributed by atoms with van der Waals surface area (Å²) in [6, 6.07) is 17.7. The SMILES string of the molecule is CCOC(=O)[C@@H](N)Cc1ccc(OCCCN2CCC(=C3c4ccc(Cl)cc4CCc4cccnc43)CC2)cc1.Cl.Cl.Cl. The first-order valence-corrected chi connectivity index (χ1v) is 14.7. The number of halogens is 4. The van der Waals surface area contributed by atoms with Crippen LogP contribution in [0.1, 0.15) is 54.1 Å². The number of nitrogens with zero attached hydrogens (tertiary/aromatic N) is 2. The molecule has 10 heteroatoms. The molecular formula is C33H41Cl4N3O3. The lowest BCUT2D eigenvalue weighted by Crippen LogP contribution is -2.34. The van der Waals surface area contributed by atoms with Crippen LogP contribution >= 0.6 is 48.8 Å². The Balaban J connectivity index is 0.00000215. The molecule has 6 nitrogen and oxygen atoms in total. The van der Waals surface area contributed by atoms with Crippen molar-refractivity contribution in [2.24, 2.45) is 5.73 Å². The van der Waals surface area contributed by atoms with E-state index in [9.17, 15) is 4.79 Å². The van der Waals surface area contributed by atoms with Crippen LogP contribution in [0.25, 0.3) is 5.57 Å². The maximum absolute atomic E-state index is 11.8. The van der Waals surface area contributed by atoms with Gasteiger partial charge in [0.2, 0.25) is 0 Å². The molecule has 2 N–H and O–H groups in total. The Labute approximate surface area is 278 Å². The van der Waals surface area contributed by atoms with Gasteiger partial charge in [-0.15, -0.1) is 37.2 Å². The first-order valence-electron chi connectivity index (χ1n) is 14.3. The van der Waals surface area contributed by atoms with Gasteiger partial charge in [0, 0.05) is 36.4 Å². The second-order valence-electron chi connectivity index (χ2n) is 10.5. The fraction of sp³-hybridized carbons (Fsp3) is 0.394. The second kappa shape index (κ2) is 17.8. The highest BCUT2D eigenvalue weighted by molar-refractivity contribution is 6.30. The van der Waals surface area contributed by atoms with Gasteiger partial charge >= 0.3 is 5.97 Å². The number of carbonyl (C=O) groups excluding carboxylic acids is 1. The molecule has 1 aliphatic carbocycles. The van der Waals surface area contributed by atoms with E-state index in [0.717, 1.165) is 73.8 Å². The van der Waals surface area contributed by atoms with Crippen LogP contribution in [-0.4, -0.2) is 54.7 Å². The largest absolute Gasteiger partial charge is 0.494 e. The highest BCUT2D eigenvalue weighted by Crippen LogP contribution is 2.38. The van der Waals surface area contributed by atoms with Crippen molar-refractivity contribution in [3.8, 4) is 5.75 Å². The molecule has 2 aromatic carbocycles. The Hall–Kier alpha value is -2.32. The molecule has 234 valence electrons. The summed E-state index contributed by atoms with van der Waals surface area (Å²) in [5.41, 5.74) is 14.8. The van der Waals surface area contributed by atoms with Gasteiger partial charge in [-0.2, -0.15) is 0 Å². The lowest BCUT2D eigenvalue weighted by molar-refractivity contribution is -0.144. The normalized spacial score (nSPS) is 15.0. The lowest BCUT2D eigenvalue weighted by Gasteiger charge is -2.30. The van der Waals surface area contributed by atoms with Crippen molar-refractivity contribution in [3.63, 3.8) is 0 Å². The standard InChI is InChI=1S/C33H38ClN3O3.3ClH/c1-2-39-33(38)30(35)21-23-6-11-28(12-7-23)40-20-4-17-37-18-14-24(15-19-37)31-29-13-10-27(34)22-26(29)9-8-25-5-3-16-36-32(25)31;;;/h3,5-7,10-13,16,22,30H,2,4,8-9,14-15,17-21,35H2,1H3;3*1H/t30-;;;/m0.../s1. The number of rotatable bonds is 9. The van der Waals surface area contributed by atoms with Crippen molar-refractivity contribution in [2.75, 3.05) is 32.8 Å². The first kappa shape index (κ1) is 36.9. The number of piperidine rings is 1. The molecule has 0 bridgehead atoms. The van der Waals surface area contributed by atoms with E-state index in [2.05, 4.69) is 23.1 Å². The summed E-state index contributed by atoms with van der Waals surface area (Å²) in [7, 11) is 0. The Morgan fingerprint density at radius 1 is 1.00 bits per heavy atom. The van der Waals surface area contributed by atoms with Gasteiger partial charge in [-0.3, -0.25) is 9.78 Å². The number of hydrogen-bond acceptors (Lipinski definition) is 6. The molecule has 0 saturated carbocycles. The summed E-state index contributed by atoms with van der Waals surface area (Å²) in [5.74, 6) is 0.465. The smallest absolute Gasteiger partial charge is 0.323 e. The number of pyridine rings is 1. The summed E-state index contributed by atoms with van der Waals surface area (Å²) in [6.07, 6.45) is 7.40. The van der Waals surface area contributed by atoms with E-state index >= 15 is 0 Å². The van der Waals surface area contributed by atoms with Crippen molar-refractivity contribution < 1.29 is 14.3 Å². The third-order valence-corrected chi connectivity index (χ3v) is 8.03. The number of fused-ring (bicyclic) bond motifs is 2. The molecule has 0 unspecified atom stereocenters. The van der Waals surface area contributed by atoms with Gasteiger partial charge in [-0.1, -0.05) is 41.4 Å². The van der Waals surface area contributed by atoms with Crippen molar-refractivity contribution in [1.29, 1.82) is 0 Å². The Bertz CT molecular complexity index is 1360. The van der Waals surface area contributed by atoms with Gasteiger partial charge in [0.05, 0.1) is 18.9 Å². The topological polar surface area (TPSA) is 77.7 Å². The molecule has 1 atom stereocenters. The number of aromatic nitrogens is 1. The monoisotopic (exact) mass is 667 g/mol. The van der Waals surface area contributed by atoms with Crippen molar-refractivity contribution in [2.45, 2.75) is 51.5 Å². The fourth-order valence-electron chi connectivity index (χ4n) is 5.72. The van der Waals surface area contributed by atoms with Gasteiger partial charge in [0.1, 0.15) is 11.8 Å². The molecule has 43 heavy (non-hydrogen) atoms. The van der Waals surface area contributed by atoms with E-state index in [1.165, 1.54) is 27.8 Å². The molecule has 1 saturated heterocycles. The number of carbonyl (C=O) groups is 1. The van der Waals surface area contributed by atoms with Crippen molar-refractivity contribution in [3.05, 3.63) is 99.3 Å². The fourth-order valence-corrected chi connectivity index (χ4v) is 5.91. The third kappa shape index (κ3) is 9.58. The number of likely N-dealkylation sites (tertiary alicyclic amines) is 1. The van der Waals surface area contributed by atoms with Crippen LogP contribution in [0.4, 0.5) is 0 Å². The van der Waals surface area contributed by atoms with Gasteiger partial charge in [0.25, 0.3) is 0 Å². The summed E-state index contributed by atoms with van der Waals surface area (Å²) < 4.78 is 11.0. The zero-order valence-corrected chi connectivity index (χ0v) is 27.6. The van der Waals surface area contributed by atoms with Crippen LogP contribution in [-0.2, 0) is 28.8 Å². The first-order chi connectivity index (χ1) is 19.5. The summed E-state index contributed by atoms with van der Waals surface area (Å²) in [5, 5.41) is 0.799. The van der Waals surface area contributed by atoms with E-state index < -0.39 is 6.04 Å². The number of benzene rings is 2. The van der Waals surface area contributed by atoms with Crippen LogP contribution < -0.4 is 10.5 Å². The zero-order valence-electron chi connectivity index (χ0n) is 24.4. The Kier molecular flexibility index (Phi) is 15.3. The highest BCUT2D eigenvalue weighted by Gasteiger charge is 2.25. The van der Waals surface area contributed by atoms with E-state index in [-0.39, 0.29) is 43.2 Å². The number of nitrogens with two attached hydrogens (primary N) is 1. The van der Waals surface area contributed by atoms with E-state index in [1.807, 2.05) is 42.6 Å². The molecule has 1 aromatic heterocycles. The lowest BCUT2D eigenvalue weighted by atomic mass is 9.88. The second-order valence-corrected chi connectivity index (χ2v) is 11.0. The van der Waals surface area contributed by atoms with Crippen LogP contribution in [0.3, 0.4) is 0 Å². The predicted octanol–water partition coefficient (Wildman–Crippen LogP) is 6.90. The molecule has 0 amide bonds. The predicted molar refractivity (Wildman–Crippen MR) is 181 cm³/mol. The van der Waals surface area contributed by atoms with E-state index in [4.69, 9.17) is 31.8 Å². The van der Waals surface area contributed by atoms with Gasteiger partial charge < -0.3 is 20.1 Å². The minimum atomic E-state index is -0.644. The molecule has 2 aliphatic rings. The van der Waals surface area contributed by atoms with Gasteiger partial charge in [-0.25, -0.2) is 0 Å². The van der Waals surface area contributed by atoms with E-state index in [1.54, 1.807) is 6.92 Å². The number of aryl methyl sites for hydroxylation is 2. The maximum Gasteiger partial charge on any atom is 0.323 e. The molecule has 3 aromatic rings. The van der Waals surface area contributed by atoms with Crippen LogP contribution in [0, 0.1) is 0 Å². The average molecular weight is 670 g/mol. The van der Waals surface area contributed by atoms with Gasteiger partial charge in [-0.05, 0) is 98.0 Å². The minimum Gasteiger partial charge on any atom is -0.494 e. The summed E-state index contributed by atoms with van der Waals surface area (Å²) in [4.78, 5) is 19.1. The molecule has 5 rings (SSSR count). The third-order valence-electron chi connectivity index (χ3n) is 7.80. The molecular weight excluding hydrogens is 628 g/mol. The Morgan fingerprint density at radius 2 is 1.72 bits per heavy atom. The van der Waals surface area contributed by atoms with Crippen molar-refractivity contribution >= 4 is 60.4 Å². The molecule has 2 heterocycles. The van der Waals surface area contributed by atoms with Crippen LogP contribution in [0.15, 0.2) is 66.4 Å². The molecule has 1 fully saturated rings. The number of hydrogen-bond donors (Lipinski definition) is 1. The van der Waals surface area contributed by atoms with E-state index in [0.29, 0.717) is 19.6 Å². The summed E-state index contributed by atoms with van der Waals surface area (Å²) >= 11 is 6.37. The quantitative estimate of drug-likeness (QED) is 0.198.